The summed E-state index contributed by atoms with van der Waals surface area (Å²) in [7, 11) is 0. The highest BCUT2D eigenvalue weighted by Crippen LogP contribution is 2.18. The molecule has 158 valence electrons. The number of nitrogens with zero attached hydrogens (tertiary/aromatic N) is 2. The first-order valence-electron chi connectivity index (χ1n) is 10.2. The minimum atomic E-state index is 0. The van der Waals surface area contributed by atoms with Gasteiger partial charge in [0.2, 0.25) is 11.8 Å². The van der Waals surface area contributed by atoms with Crippen molar-refractivity contribution < 1.29 is 9.59 Å². The number of nitrogens with one attached hydrogen (secondary N) is 2. The van der Waals surface area contributed by atoms with Gasteiger partial charge in [-0.1, -0.05) is 19.3 Å². The lowest BCUT2D eigenvalue weighted by Gasteiger charge is -2.35. The van der Waals surface area contributed by atoms with Crippen LogP contribution in [0.4, 0.5) is 0 Å². The first-order chi connectivity index (χ1) is 12.2. The fourth-order valence-corrected chi connectivity index (χ4v) is 4.33. The Balaban J connectivity index is 0.00000182. The highest BCUT2D eigenvalue weighted by Gasteiger charge is 2.24. The van der Waals surface area contributed by atoms with E-state index in [4.69, 9.17) is 0 Å². The Morgan fingerprint density at radius 1 is 0.963 bits per heavy atom. The number of carbonyl (C=O) groups excluding carboxylic acids is 2. The van der Waals surface area contributed by atoms with Gasteiger partial charge in [-0.15, -0.1) is 24.8 Å². The van der Waals surface area contributed by atoms with Gasteiger partial charge in [0.25, 0.3) is 0 Å². The van der Waals surface area contributed by atoms with E-state index in [-0.39, 0.29) is 30.7 Å². The standard InChI is InChI=1S/C19H34N4O2.2ClH/c24-18(21-17-4-2-1-3-5-17)15-22-10-12-23(13-11-22)19(25)7-6-16-8-9-20-14-16;;/h16-17,20H,1-15H2,(H,21,24);2*1H. The molecule has 3 rings (SSSR count). The molecule has 2 saturated heterocycles. The van der Waals surface area contributed by atoms with Crippen LogP contribution in [0.2, 0.25) is 0 Å². The maximum absolute atomic E-state index is 12.4. The van der Waals surface area contributed by atoms with Crippen molar-refractivity contribution in [2.45, 2.75) is 57.4 Å². The molecule has 1 saturated carbocycles. The predicted molar refractivity (Wildman–Crippen MR) is 113 cm³/mol. The van der Waals surface area contributed by atoms with Crippen molar-refractivity contribution in [3.8, 4) is 0 Å². The van der Waals surface area contributed by atoms with Crippen molar-refractivity contribution in [1.29, 1.82) is 0 Å². The third kappa shape index (κ3) is 8.14. The molecule has 1 aliphatic carbocycles. The van der Waals surface area contributed by atoms with Gasteiger partial charge >= 0.3 is 0 Å². The summed E-state index contributed by atoms with van der Waals surface area (Å²) >= 11 is 0. The van der Waals surface area contributed by atoms with Crippen LogP contribution in [0.15, 0.2) is 0 Å². The Morgan fingerprint density at radius 2 is 1.67 bits per heavy atom. The van der Waals surface area contributed by atoms with Crippen LogP contribution in [-0.2, 0) is 9.59 Å². The van der Waals surface area contributed by atoms with Crippen molar-refractivity contribution in [1.82, 2.24) is 20.4 Å². The predicted octanol–water partition coefficient (Wildman–Crippen LogP) is 1.81. The van der Waals surface area contributed by atoms with Crippen LogP contribution in [0, 0.1) is 5.92 Å². The normalized spacial score (nSPS) is 24.0. The highest BCUT2D eigenvalue weighted by molar-refractivity contribution is 5.85. The molecule has 1 atom stereocenters. The molecule has 0 radical (unpaired) electrons. The van der Waals surface area contributed by atoms with E-state index in [0.29, 0.717) is 30.8 Å². The minimum absolute atomic E-state index is 0. The van der Waals surface area contributed by atoms with Gasteiger partial charge in [0.1, 0.15) is 0 Å². The van der Waals surface area contributed by atoms with Crippen LogP contribution >= 0.6 is 24.8 Å². The Hall–Kier alpha value is -0.560. The van der Waals surface area contributed by atoms with Crippen LogP contribution in [-0.4, -0.2) is 73.5 Å². The van der Waals surface area contributed by atoms with Gasteiger partial charge < -0.3 is 15.5 Å². The topological polar surface area (TPSA) is 64.7 Å². The molecule has 2 amide bonds. The molecule has 3 fully saturated rings. The minimum Gasteiger partial charge on any atom is -0.352 e. The zero-order valence-electron chi connectivity index (χ0n) is 16.3. The summed E-state index contributed by atoms with van der Waals surface area (Å²) in [5.41, 5.74) is 0. The summed E-state index contributed by atoms with van der Waals surface area (Å²) in [6.45, 7) is 5.80. The molecule has 1 unspecified atom stereocenters. The molecule has 8 heteroatoms. The Morgan fingerprint density at radius 3 is 2.30 bits per heavy atom. The molecule has 2 N–H and O–H groups in total. The Kier molecular flexibility index (Phi) is 11.6. The zero-order chi connectivity index (χ0) is 17.5. The summed E-state index contributed by atoms with van der Waals surface area (Å²) in [5, 5.41) is 6.54. The average molecular weight is 423 g/mol. The summed E-state index contributed by atoms with van der Waals surface area (Å²) in [5.74, 6) is 1.12. The average Bonchev–Trinajstić information content (AvgIpc) is 3.14. The number of halogens is 2. The van der Waals surface area contributed by atoms with E-state index < -0.39 is 0 Å². The third-order valence-corrected chi connectivity index (χ3v) is 5.99. The second kappa shape index (κ2) is 12.8. The number of carbonyl (C=O) groups is 2. The van der Waals surface area contributed by atoms with Gasteiger partial charge in [0, 0.05) is 38.6 Å². The number of rotatable bonds is 6. The molecule has 0 aromatic rings. The van der Waals surface area contributed by atoms with E-state index in [1.165, 1.54) is 25.7 Å². The molecule has 0 bridgehead atoms. The van der Waals surface area contributed by atoms with E-state index in [1.807, 2.05) is 4.90 Å². The van der Waals surface area contributed by atoms with Gasteiger partial charge in [-0.05, 0) is 44.7 Å². The molecular formula is C19H36Cl2N4O2. The van der Waals surface area contributed by atoms with Crippen LogP contribution < -0.4 is 10.6 Å². The molecule has 3 aliphatic rings. The number of hydrogen-bond acceptors (Lipinski definition) is 4. The molecule has 0 spiro atoms. The Labute approximate surface area is 176 Å². The van der Waals surface area contributed by atoms with Crippen LogP contribution in [0.3, 0.4) is 0 Å². The highest BCUT2D eigenvalue weighted by atomic mass is 35.5. The lowest BCUT2D eigenvalue weighted by molar-refractivity contribution is -0.133. The van der Waals surface area contributed by atoms with E-state index in [9.17, 15) is 9.59 Å². The quantitative estimate of drug-likeness (QED) is 0.684. The Bertz CT molecular complexity index is 447. The molecule has 27 heavy (non-hydrogen) atoms. The van der Waals surface area contributed by atoms with E-state index in [2.05, 4.69) is 15.5 Å². The molecule has 2 aliphatic heterocycles. The molecule has 6 nitrogen and oxygen atoms in total. The molecule has 0 aromatic heterocycles. The van der Waals surface area contributed by atoms with E-state index in [1.54, 1.807) is 0 Å². The maximum atomic E-state index is 12.4. The van der Waals surface area contributed by atoms with Gasteiger partial charge in [-0.25, -0.2) is 0 Å². The van der Waals surface area contributed by atoms with Gasteiger partial charge in [0.15, 0.2) is 0 Å². The third-order valence-electron chi connectivity index (χ3n) is 5.99. The molecular weight excluding hydrogens is 387 g/mol. The van der Waals surface area contributed by atoms with Gasteiger partial charge in [-0.2, -0.15) is 0 Å². The smallest absolute Gasteiger partial charge is 0.234 e. The van der Waals surface area contributed by atoms with Crippen molar-refractivity contribution in [2.24, 2.45) is 5.92 Å². The summed E-state index contributed by atoms with van der Waals surface area (Å²) in [6, 6.07) is 0.384. The van der Waals surface area contributed by atoms with Crippen molar-refractivity contribution in [3.63, 3.8) is 0 Å². The summed E-state index contributed by atoms with van der Waals surface area (Å²) < 4.78 is 0. The lowest BCUT2D eigenvalue weighted by atomic mass is 9.95. The molecule has 2 heterocycles. The van der Waals surface area contributed by atoms with Crippen molar-refractivity contribution in [2.75, 3.05) is 45.8 Å². The maximum Gasteiger partial charge on any atom is 0.234 e. The monoisotopic (exact) mass is 422 g/mol. The zero-order valence-corrected chi connectivity index (χ0v) is 17.9. The van der Waals surface area contributed by atoms with E-state index in [0.717, 1.165) is 58.5 Å². The summed E-state index contributed by atoms with van der Waals surface area (Å²) in [4.78, 5) is 28.7. The second-order valence-electron chi connectivity index (χ2n) is 7.96. The van der Waals surface area contributed by atoms with Gasteiger partial charge in [0.05, 0.1) is 6.54 Å². The van der Waals surface area contributed by atoms with Gasteiger partial charge in [-0.3, -0.25) is 14.5 Å². The second-order valence-corrected chi connectivity index (χ2v) is 7.96. The van der Waals surface area contributed by atoms with Crippen LogP contribution in [0.25, 0.3) is 0 Å². The van der Waals surface area contributed by atoms with Crippen LogP contribution in [0.1, 0.15) is 51.4 Å². The van der Waals surface area contributed by atoms with Crippen LogP contribution in [0.5, 0.6) is 0 Å². The molecule has 0 aromatic carbocycles. The van der Waals surface area contributed by atoms with Crippen molar-refractivity contribution in [3.05, 3.63) is 0 Å². The number of amides is 2. The first-order valence-corrected chi connectivity index (χ1v) is 10.2. The fraction of sp³-hybridized carbons (Fsp3) is 0.895. The lowest BCUT2D eigenvalue weighted by Crippen LogP contribution is -2.52. The van der Waals surface area contributed by atoms with Crippen molar-refractivity contribution >= 4 is 36.6 Å². The first kappa shape index (κ1) is 24.5. The van der Waals surface area contributed by atoms with E-state index >= 15 is 0 Å². The fourth-order valence-electron chi connectivity index (χ4n) is 4.33. The SMILES string of the molecule is Cl.Cl.O=C(CN1CCN(C(=O)CCC2CCNC2)CC1)NC1CCCCC1. The summed E-state index contributed by atoms with van der Waals surface area (Å²) in [6.07, 6.45) is 8.93. The number of hydrogen-bond donors (Lipinski definition) is 2. The number of piperazine rings is 1. The largest absolute Gasteiger partial charge is 0.352 e.